The predicted molar refractivity (Wildman–Crippen MR) is 71.9 cm³/mol. The highest BCUT2D eigenvalue weighted by Gasteiger charge is 2.31. The number of nitrogens with one attached hydrogen (secondary N) is 1. The molecule has 0 heterocycles. The largest absolute Gasteiger partial charge is 0.469 e. The molecule has 1 aliphatic rings. The first-order chi connectivity index (χ1) is 9.33. The standard InChI is InChI=1S/C12H19NO6S/c1-18-11(14)9-5-3-4-6-10(9)13-12(15)19-7-8-20(2,16)17/h3-4,9-10H,5-8H2,1-2H3,(H,13,15)/t9-,10+/m0/s1. The van der Waals surface area contributed by atoms with Gasteiger partial charge >= 0.3 is 12.1 Å². The maximum absolute atomic E-state index is 11.6. The van der Waals surface area contributed by atoms with Crippen molar-refractivity contribution in [2.45, 2.75) is 18.9 Å². The molecule has 0 aliphatic heterocycles. The first kappa shape index (κ1) is 16.5. The number of ether oxygens (including phenoxy) is 2. The highest BCUT2D eigenvalue weighted by Crippen LogP contribution is 2.20. The summed E-state index contributed by atoms with van der Waals surface area (Å²) in [6, 6.07) is -0.404. The van der Waals surface area contributed by atoms with Crippen LogP contribution in [0.4, 0.5) is 4.79 Å². The van der Waals surface area contributed by atoms with E-state index < -0.39 is 33.9 Å². The van der Waals surface area contributed by atoms with Gasteiger partial charge in [-0.1, -0.05) is 12.2 Å². The van der Waals surface area contributed by atoms with E-state index in [2.05, 4.69) is 10.1 Å². The van der Waals surface area contributed by atoms with Gasteiger partial charge in [-0.25, -0.2) is 13.2 Å². The first-order valence-electron chi connectivity index (χ1n) is 6.17. The third-order valence-corrected chi connectivity index (χ3v) is 3.84. The second-order valence-electron chi connectivity index (χ2n) is 4.59. The minimum absolute atomic E-state index is 0.212. The quantitative estimate of drug-likeness (QED) is 0.578. The van der Waals surface area contributed by atoms with E-state index in [-0.39, 0.29) is 12.4 Å². The Morgan fingerprint density at radius 3 is 2.55 bits per heavy atom. The third-order valence-electron chi connectivity index (χ3n) is 2.93. The topological polar surface area (TPSA) is 98.8 Å². The average molecular weight is 305 g/mol. The molecular formula is C12H19NO6S. The fraction of sp³-hybridized carbons (Fsp3) is 0.667. The summed E-state index contributed by atoms with van der Waals surface area (Å²) >= 11 is 0. The van der Waals surface area contributed by atoms with Crippen LogP contribution in [0.15, 0.2) is 12.2 Å². The molecule has 0 radical (unpaired) electrons. The van der Waals surface area contributed by atoms with Gasteiger partial charge in [-0.05, 0) is 12.8 Å². The minimum Gasteiger partial charge on any atom is -0.469 e. The highest BCUT2D eigenvalue weighted by molar-refractivity contribution is 7.90. The maximum atomic E-state index is 11.6. The van der Waals surface area contributed by atoms with Crippen LogP contribution in [-0.2, 0) is 24.1 Å². The monoisotopic (exact) mass is 305 g/mol. The van der Waals surface area contributed by atoms with Crippen molar-refractivity contribution in [1.29, 1.82) is 0 Å². The van der Waals surface area contributed by atoms with Crippen molar-refractivity contribution in [3.05, 3.63) is 12.2 Å². The molecule has 0 aromatic carbocycles. The van der Waals surface area contributed by atoms with Crippen LogP contribution in [0, 0.1) is 5.92 Å². The number of carbonyl (C=O) groups is 2. The van der Waals surface area contributed by atoms with Crippen molar-refractivity contribution in [3.8, 4) is 0 Å². The average Bonchev–Trinajstić information content (AvgIpc) is 2.37. The Balaban J connectivity index is 2.47. The molecule has 0 unspecified atom stereocenters. The van der Waals surface area contributed by atoms with Crippen molar-refractivity contribution < 1.29 is 27.5 Å². The summed E-state index contributed by atoms with van der Waals surface area (Å²) in [5, 5.41) is 2.56. The van der Waals surface area contributed by atoms with Crippen LogP contribution in [-0.4, -0.2) is 52.2 Å². The summed E-state index contributed by atoms with van der Waals surface area (Å²) in [5.74, 6) is -1.07. The normalized spacial score (nSPS) is 22.1. The SMILES string of the molecule is COC(=O)[C@H]1CC=CC[C@H]1NC(=O)OCCS(C)(=O)=O. The van der Waals surface area contributed by atoms with Gasteiger partial charge in [0.1, 0.15) is 6.61 Å². The first-order valence-corrected chi connectivity index (χ1v) is 8.23. The van der Waals surface area contributed by atoms with E-state index in [0.717, 1.165) is 6.26 Å². The van der Waals surface area contributed by atoms with Crippen LogP contribution in [0.25, 0.3) is 0 Å². The molecule has 1 rings (SSSR count). The van der Waals surface area contributed by atoms with Gasteiger partial charge < -0.3 is 14.8 Å². The number of allylic oxidation sites excluding steroid dienone is 1. The van der Waals surface area contributed by atoms with Crippen molar-refractivity contribution >= 4 is 21.9 Å². The Morgan fingerprint density at radius 2 is 1.95 bits per heavy atom. The van der Waals surface area contributed by atoms with E-state index in [4.69, 9.17) is 4.74 Å². The molecule has 0 fully saturated rings. The zero-order valence-electron chi connectivity index (χ0n) is 11.5. The van der Waals surface area contributed by atoms with Crippen LogP contribution in [0.1, 0.15) is 12.8 Å². The third kappa shape index (κ3) is 5.60. The molecule has 2 atom stereocenters. The number of alkyl carbamates (subject to hydrolysis) is 1. The summed E-state index contributed by atoms with van der Waals surface area (Å²) in [6.45, 7) is -0.212. The molecule has 1 amide bonds. The highest BCUT2D eigenvalue weighted by atomic mass is 32.2. The molecule has 1 aliphatic carbocycles. The van der Waals surface area contributed by atoms with Crippen molar-refractivity contribution in [2.75, 3.05) is 25.7 Å². The number of amides is 1. The van der Waals surface area contributed by atoms with Gasteiger partial charge in [0, 0.05) is 12.3 Å². The predicted octanol–water partition coefficient (Wildman–Crippen LogP) is 0.265. The van der Waals surface area contributed by atoms with E-state index >= 15 is 0 Å². The summed E-state index contributed by atoms with van der Waals surface area (Å²) in [7, 11) is -1.88. The summed E-state index contributed by atoms with van der Waals surface area (Å²) in [6.07, 6.45) is 5.04. The summed E-state index contributed by atoms with van der Waals surface area (Å²) < 4.78 is 31.3. The molecular weight excluding hydrogens is 286 g/mol. The molecule has 8 heteroatoms. The van der Waals surface area contributed by atoms with Crippen LogP contribution in [0.5, 0.6) is 0 Å². The molecule has 20 heavy (non-hydrogen) atoms. The Kier molecular flexibility index (Phi) is 6.00. The Labute approximate surface area is 118 Å². The van der Waals surface area contributed by atoms with Gasteiger partial charge in [0.15, 0.2) is 9.84 Å². The number of methoxy groups -OCH3 is 1. The second kappa shape index (κ2) is 7.28. The van der Waals surface area contributed by atoms with E-state index in [1.807, 2.05) is 12.2 Å². The molecule has 1 N–H and O–H groups in total. The number of sulfone groups is 1. The number of carbonyl (C=O) groups excluding carboxylic acids is 2. The lowest BCUT2D eigenvalue weighted by molar-refractivity contribution is -0.146. The summed E-state index contributed by atoms with van der Waals surface area (Å²) in [4.78, 5) is 23.1. The molecule has 7 nitrogen and oxygen atoms in total. The Morgan fingerprint density at radius 1 is 1.30 bits per heavy atom. The lowest BCUT2D eigenvalue weighted by Crippen LogP contribution is -2.44. The molecule has 0 bridgehead atoms. The van der Waals surface area contributed by atoms with Crippen molar-refractivity contribution in [2.24, 2.45) is 5.92 Å². The van der Waals surface area contributed by atoms with Gasteiger partial charge in [0.2, 0.25) is 0 Å². The number of rotatable bonds is 5. The van der Waals surface area contributed by atoms with Gasteiger partial charge in [0.05, 0.1) is 18.8 Å². The van der Waals surface area contributed by atoms with Gasteiger partial charge in [0.25, 0.3) is 0 Å². The zero-order valence-corrected chi connectivity index (χ0v) is 12.3. The molecule has 0 aromatic rings. The van der Waals surface area contributed by atoms with Crippen LogP contribution in [0.2, 0.25) is 0 Å². The van der Waals surface area contributed by atoms with Gasteiger partial charge in [-0.3, -0.25) is 4.79 Å². The smallest absolute Gasteiger partial charge is 0.407 e. The van der Waals surface area contributed by atoms with Gasteiger partial charge in [-0.2, -0.15) is 0 Å². The summed E-state index contributed by atoms with van der Waals surface area (Å²) in [5.41, 5.74) is 0. The Hall–Kier alpha value is -1.57. The van der Waals surface area contributed by atoms with Crippen molar-refractivity contribution in [1.82, 2.24) is 5.32 Å². The van der Waals surface area contributed by atoms with Crippen LogP contribution in [0.3, 0.4) is 0 Å². The lowest BCUT2D eigenvalue weighted by atomic mass is 9.89. The van der Waals surface area contributed by atoms with Crippen LogP contribution >= 0.6 is 0 Å². The second-order valence-corrected chi connectivity index (χ2v) is 6.85. The van der Waals surface area contributed by atoms with E-state index in [0.29, 0.717) is 12.8 Å². The van der Waals surface area contributed by atoms with Crippen molar-refractivity contribution in [3.63, 3.8) is 0 Å². The molecule has 0 saturated heterocycles. The Bertz CT molecular complexity index is 484. The number of esters is 1. The maximum Gasteiger partial charge on any atom is 0.407 e. The molecule has 0 spiro atoms. The fourth-order valence-electron chi connectivity index (χ4n) is 1.86. The number of hydrogen-bond donors (Lipinski definition) is 1. The lowest BCUT2D eigenvalue weighted by Gasteiger charge is -2.26. The van der Waals surface area contributed by atoms with E-state index in [1.54, 1.807) is 0 Å². The number of hydrogen-bond acceptors (Lipinski definition) is 6. The molecule has 0 aromatic heterocycles. The molecule has 0 saturated carbocycles. The van der Waals surface area contributed by atoms with E-state index in [9.17, 15) is 18.0 Å². The zero-order chi connectivity index (χ0) is 15.2. The van der Waals surface area contributed by atoms with Crippen LogP contribution < -0.4 is 5.32 Å². The van der Waals surface area contributed by atoms with Gasteiger partial charge in [-0.15, -0.1) is 0 Å². The minimum atomic E-state index is -3.17. The van der Waals surface area contributed by atoms with E-state index in [1.165, 1.54) is 7.11 Å². The molecule has 114 valence electrons. The fourth-order valence-corrected chi connectivity index (χ4v) is 2.25.